The van der Waals surface area contributed by atoms with Crippen LogP contribution in [0.2, 0.25) is 5.02 Å². The molecule has 0 bridgehead atoms. The molecule has 0 aliphatic rings. The van der Waals surface area contributed by atoms with E-state index in [2.05, 4.69) is 5.32 Å². The standard InChI is InChI=1S/C18H14ClNO2/c19-15-6-3-7-17(11-15)22-12-18(21)20-16-9-8-13-4-1-2-5-14(13)10-16/h1-11H,12H2,(H,20,21). The van der Waals surface area contributed by atoms with Gasteiger partial charge in [0.15, 0.2) is 6.61 Å². The molecule has 22 heavy (non-hydrogen) atoms. The van der Waals surface area contributed by atoms with Gasteiger partial charge in [0, 0.05) is 10.7 Å². The van der Waals surface area contributed by atoms with E-state index in [1.54, 1.807) is 24.3 Å². The van der Waals surface area contributed by atoms with Gasteiger partial charge in [-0.2, -0.15) is 0 Å². The van der Waals surface area contributed by atoms with Crippen molar-refractivity contribution in [2.75, 3.05) is 11.9 Å². The van der Waals surface area contributed by atoms with Gasteiger partial charge < -0.3 is 10.1 Å². The molecule has 3 aromatic carbocycles. The van der Waals surface area contributed by atoms with E-state index in [1.807, 2.05) is 42.5 Å². The highest BCUT2D eigenvalue weighted by atomic mass is 35.5. The zero-order chi connectivity index (χ0) is 15.4. The Balaban J connectivity index is 1.63. The van der Waals surface area contributed by atoms with Gasteiger partial charge in [-0.25, -0.2) is 0 Å². The van der Waals surface area contributed by atoms with Crippen LogP contribution < -0.4 is 10.1 Å². The molecule has 0 aromatic heterocycles. The molecule has 3 aromatic rings. The number of carbonyl (C=O) groups excluding carboxylic acids is 1. The van der Waals surface area contributed by atoms with Crippen LogP contribution in [0.15, 0.2) is 66.7 Å². The maximum atomic E-state index is 11.9. The fraction of sp³-hybridized carbons (Fsp3) is 0.0556. The molecule has 4 heteroatoms. The van der Waals surface area contributed by atoms with Gasteiger partial charge in [-0.15, -0.1) is 0 Å². The molecular weight excluding hydrogens is 298 g/mol. The first-order valence-electron chi connectivity index (χ1n) is 6.88. The van der Waals surface area contributed by atoms with Crippen LogP contribution in [0.5, 0.6) is 5.75 Å². The Kier molecular flexibility index (Phi) is 4.26. The Bertz CT molecular complexity index is 817. The lowest BCUT2D eigenvalue weighted by atomic mass is 10.1. The number of hydrogen-bond donors (Lipinski definition) is 1. The molecule has 0 atom stereocenters. The van der Waals surface area contributed by atoms with E-state index in [-0.39, 0.29) is 12.5 Å². The lowest BCUT2D eigenvalue weighted by Gasteiger charge is -2.08. The Hall–Kier alpha value is -2.52. The third-order valence-electron chi connectivity index (χ3n) is 3.20. The highest BCUT2D eigenvalue weighted by Crippen LogP contribution is 2.19. The summed E-state index contributed by atoms with van der Waals surface area (Å²) in [7, 11) is 0. The van der Waals surface area contributed by atoms with Crippen LogP contribution >= 0.6 is 11.6 Å². The van der Waals surface area contributed by atoms with Gasteiger partial charge in [-0.3, -0.25) is 4.79 Å². The number of benzene rings is 3. The highest BCUT2D eigenvalue weighted by Gasteiger charge is 2.05. The molecule has 0 unspecified atom stereocenters. The predicted octanol–water partition coefficient (Wildman–Crippen LogP) is 4.51. The summed E-state index contributed by atoms with van der Waals surface area (Å²) in [6, 6.07) is 20.7. The number of anilines is 1. The number of carbonyl (C=O) groups is 1. The van der Waals surface area contributed by atoms with Gasteiger partial charge in [-0.1, -0.05) is 48.0 Å². The molecule has 1 N–H and O–H groups in total. The van der Waals surface area contributed by atoms with E-state index in [0.717, 1.165) is 16.5 Å². The molecule has 0 fully saturated rings. The van der Waals surface area contributed by atoms with E-state index in [4.69, 9.17) is 16.3 Å². The van der Waals surface area contributed by atoms with Crippen LogP contribution in [0.1, 0.15) is 0 Å². The Morgan fingerprint density at radius 1 is 0.955 bits per heavy atom. The third-order valence-corrected chi connectivity index (χ3v) is 3.43. The van der Waals surface area contributed by atoms with Crippen LogP contribution in [0.4, 0.5) is 5.69 Å². The van der Waals surface area contributed by atoms with Crippen molar-refractivity contribution in [3.63, 3.8) is 0 Å². The molecule has 0 aliphatic carbocycles. The molecular formula is C18H14ClNO2. The second kappa shape index (κ2) is 6.50. The molecule has 110 valence electrons. The Morgan fingerprint density at radius 3 is 2.59 bits per heavy atom. The number of halogens is 1. The zero-order valence-electron chi connectivity index (χ0n) is 11.8. The van der Waals surface area contributed by atoms with Gasteiger partial charge in [0.2, 0.25) is 0 Å². The molecule has 3 rings (SSSR count). The maximum Gasteiger partial charge on any atom is 0.262 e. The lowest BCUT2D eigenvalue weighted by Crippen LogP contribution is -2.20. The molecule has 3 nitrogen and oxygen atoms in total. The second-order valence-electron chi connectivity index (χ2n) is 4.86. The minimum absolute atomic E-state index is 0.0623. The molecule has 0 saturated heterocycles. The maximum absolute atomic E-state index is 11.9. The third kappa shape index (κ3) is 3.57. The van der Waals surface area contributed by atoms with Gasteiger partial charge in [0.25, 0.3) is 5.91 Å². The molecule has 0 aliphatic heterocycles. The van der Waals surface area contributed by atoms with Crippen LogP contribution in [0.25, 0.3) is 10.8 Å². The minimum Gasteiger partial charge on any atom is -0.484 e. The molecule has 1 amide bonds. The quantitative estimate of drug-likeness (QED) is 0.770. The zero-order valence-corrected chi connectivity index (χ0v) is 12.5. The molecule has 0 heterocycles. The monoisotopic (exact) mass is 311 g/mol. The highest BCUT2D eigenvalue weighted by molar-refractivity contribution is 6.30. The number of amides is 1. The first kappa shape index (κ1) is 14.4. The van der Waals surface area contributed by atoms with Gasteiger partial charge in [0.05, 0.1) is 0 Å². The van der Waals surface area contributed by atoms with Gasteiger partial charge in [0.1, 0.15) is 5.75 Å². The van der Waals surface area contributed by atoms with Crippen LogP contribution in [-0.4, -0.2) is 12.5 Å². The van der Waals surface area contributed by atoms with Crippen molar-refractivity contribution < 1.29 is 9.53 Å². The number of hydrogen-bond acceptors (Lipinski definition) is 2. The smallest absolute Gasteiger partial charge is 0.262 e. The van der Waals surface area contributed by atoms with Crippen molar-refractivity contribution >= 4 is 34.0 Å². The summed E-state index contributed by atoms with van der Waals surface area (Å²) in [6.07, 6.45) is 0. The second-order valence-corrected chi connectivity index (χ2v) is 5.29. The first-order valence-corrected chi connectivity index (χ1v) is 7.25. The summed E-state index contributed by atoms with van der Waals surface area (Å²) in [5, 5.41) is 5.61. The summed E-state index contributed by atoms with van der Waals surface area (Å²) in [5.74, 6) is 0.358. The van der Waals surface area contributed by atoms with Gasteiger partial charge >= 0.3 is 0 Å². The van der Waals surface area contributed by atoms with Crippen molar-refractivity contribution in [3.05, 3.63) is 71.8 Å². The fourth-order valence-electron chi connectivity index (χ4n) is 2.17. The molecule has 0 saturated carbocycles. The van der Waals surface area contributed by atoms with Crippen LogP contribution in [-0.2, 0) is 4.79 Å². The van der Waals surface area contributed by atoms with Crippen LogP contribution in [0, 0.1) is 0 Å². The normalized spacial score (nSPS) is 10.4. The van der Waals surface area contributed by atoms with E-state index in [1.165, 1.54) is 0 Å². The SMILES string of the molecule is O=C(COc1cccc(Cl)c1)Nc1ccc2ccccc2c1. The fourth-order valence-corrected chi connectivity index (χ4v) is 2.35. The van der Waals surface area contributed by atoms with Crippen molar-refractivity contribution in [1.82, 2.24) is 0 Å². The van der Waals surface area contributed by atoms with E-state index < -0.39 is 0 Å². The van der Waals surface area contributed by atoms with Crippen molar-refractivity contribution in [2.24, 2.45) is 0 Å². The number of fused-ring (bicyclic) bond motifs is 1. The first-order chi connectivity index (χ1) is 10.7. The summed E-state index contributed by atoms with van der Waals surface area (Å²) in [5.41, 5.74) is 0.749. The lowest BCUT2D eigenvalue weighted by molar-refractivity contribution is -0.118. The number of rotatable bonds is 4. The average molecular weight is 312 g/mol. The number of nitrogens with one attached hydrogen (secondary N) is 1. The predicted molar refractivity (Wildman–Crippen MR) is 89.5 cm³/mol. The van der Waals surface area contributed by atoms with E-state index in [0.29, 0.717) is 10.8 Å². The Morgan fingerprint density at radius 2 is 1.77 bits per heavy atom. The summed E-state index contributed by atoms with van der Waals surface area (Å²) in [6.45, 7) is -0.0623. The van der Waals surface area contributed by atoms with Crippen molar-refractivity contribution in [1.29, 1.82) is 0 Å². The van der Waals surface area contributed by atoms with E-state index in [9.17, 15) is 4.79 Å². The summed E-state index contributed by atoms with van der Waals surface area (Å²) < 4.78 is 5.41. The Labute approximate surface area is 133 Å². The van der Waals surface area contributed by atoms with Crippen molar-refractivity contribution in [3.8, 4) is 5.75 Å². The van der Waals surface area contributed by atoms with Crippen molar-refractivity contribution in [2.45, 2.75) is 0 Å². The average Bonchev–Trinajstić information content (AvgIpc) is 2.53. The van der Waals surface area contributed by atoms with Crippen LogP contribution in [0.3, 0.4) is 0 Å². The largest absolute Gasteiger partial charge is 0.484 e. The summed E-state index contributed by atoms with van der Waals surface area (Å²) >= 11 is 5.86. The number of ether oxygens (including phenoxy) is 1. The minimum atomic E-state index is -0.213. The molecule has 0 radical (unpaired) electrons. The topological polar surface area (TPSA) is 38.3 Å². The van der Waals surface area contributed by atoms with Gasteiger partial charge in [-0.05, 0) is 41.1 Å². The van der Waals surface area contributed by atoms with E-state index >= 15 is 0 Å². The molecule has 0 spiro atoms. The summed E-state index contributed by atoms with van der Waals surface area (Å²) in [4.78, 5) is 11.9.